The largest absolute Gasteiger partial charge is 0.490 e. The van der Waals surface area contributed by atoms with Crippen LogP contribution in [0.2, 0.25) is 0 Å². The second kappa shape index (κ2) is 5.17. The van der Waals surface area contributed by atoms with Gasteiger partial charge in [0.1, 0.15) is 11.9 Å². The van der Waals surface area contributed by atoms with Crippen LogP contribution in [0, 0.1) is 0 Å². The molecule has 0 radical (unpaired) electrons. The van der Waals surface area contributed by atoms with E-state index >= 15 is 0 Å². The van der Waals surface area contributed by atoms with Gasteiger partial charge >= 0.3 is 0 Å². The number of piperidine rings is 1. The summed E-state index contributed by atoms with van der Waals surface area (Å²) in [4.78, 5) is 0. The molecule has 0 saturated carbocycles. The minimum absolute atomic E-state index is 0.402. The Balaban J connectivity index is 2.02. The van der Waals surface area contributed by atoms with Crippen molar-refractivity contribution in [2.45, 2.75) is 32.3 Å². The van der Waals surface area contributed by atoms with Crippen molar-refractivity contribution in [3.05, 3.63) is 29.8 Å². The highest BCUT2D eigenvalue weighted by molar-refractivity contribution is 5.33. The summed E-state index contributed by atoms with van der Waals surface area (Å²) in [5.74, 6) is 1.08. The maximum Gasteiger partial charge on any atom is 0.122 e. The van der Waals surface area contributed by atoms with Gasteiger partial charge in [-0.05, 0) is 44.0 Å². The Bertz CT molecular complexity index is 305. The van der Waals surface area contributed by atoms with Crippen molar-refractivity contribution in [2.24, 2.45) is 0 Å². The SMILES string of the molecule is CCc1ccccc1OC1CCNCC1. The van der Waals surface area contributed by atoms with Crippen LogP contribution in [0.1, 0.15) is 25.3 Å². The summed E-state index contributed by atoms with van der Waals surface area (Å²) in [5, 5.41) is 3.35. The second-order valence-electron chi connectivity index (χ2n) is 4.03. The van der Waals surface area contributed by atoms with E-state index in [0.717, 1.165) is 38.1 Å². The molecule has 0 bridgehead atoms. The monoisotopic (exact) mass is 205 g/mol. The van der Waals surface area contributed by atoms with E-state index in [0.29, 0.717) is 6.10 Å². The maximum absolute atomic E-state index is 6.04. The zero-order chi connectivity index (χ0) is 10.5. The van der Waals surface area contributed by atoms with Gasteiger partial charge in [-0.2, -0.15) is 0 Å². The minimum atomic E-state index is 0.402. The van der Waals surface area contributed by atoms with E-state index < -0.39 is 0 Å². The van der Waals surface area contributed by atoms with Gasteiger partial charge in [0.05, 0.1) is 0 Å². The molecule has 1 saturated heterocycles. The average molecular weight is 205 g/mol. The fraction of sp³-hybridized carbons (Fsp3) is 0.538. The van der Waals surface area contributed by atoms with Gasteiger partial charge < -0.3 is 10.1 Å². The molecule has 1 aromatic carbocycles. The summed E-state index contributed by atoms with van der Waals surface area (Å²) < 4.78 is 6.04. The number of hydrogen-bond acceptors (Lipinski definition) is 2. The summed E-state index contributed by atoms with van der Waals surface area (Å²) >= 11 is 0. The average Bonchev–Trinajstić information content (AvgIpc) is 2.31. The number of benzene rings is 1. The summed E-state index contributed by atoms with van der Waals surface area (Å²) in [6.07, 6.45) is 3.69. The Hall–Kier alpha value is -1.02. The molecule has 0 unspecified atom stereocenters. The molecule has 1 N–H and O–H groups in total. The summed E-state index contributed by atoms with van der Waals surface area (Å²) in [7, 11) is 0. The zero-order valence-electron chi connectivity index (χ0n) is 9.33. The minimum Gasteiger partial charge on any atom is -0.490 e. The number of ether oxygens (including phenoxy) is 1. The van der Waals surface area contributed by atoms with Gasteiger partial charge in [0.2, 0.25) is 0 Å². The quantitative estimate of drug-likeness (QED) is 0.818. The lowest BCUT2D eigenvalue weighted by atomic mass is 10.1. The van der Waals surface area contributed by atoms with E-state index in [1.165, 1.54) is 5.56 Å². The molecule has 0 spiro atoms. The highest BCUT2D eigenvalue weighted by atomic mass is 16.5. The molecule has 0 aromatic heterocycles. The first-order valence-electron chi connectivity index (χ1n) is 5.85. The molecule has 0 atom stereocenters. The zero-order valence-corrected chi connectivity index (χ0v) is 9.33. The third-order valence-electron chi connectivity index (χ3n) is 2.93. The predicted octanol–water partition coefficient (Wildman–Crippen LogP) is 2.38. The van der Waals surface area contributed by atoms with Gasteiger partial charge in [-0.3, -0.25) is 0 Å². The summed E-state index contributed by atoms with van der Waals surface area (Å²) in [5.41, 5.74) is 1.32. The maximum atomic E-state index is 6.04. The normalized spacial score (nSPS) is 17.7. The molecular weight excluding hydrogens is 186 g/mol. The fourth-order valence-corrected chi connectivity index (χ4v) is 2.00. The van der Waals surface area contributed by atoms with Crippen molar-refractivity contribution in [3.8, 4) is 5.75 Å². The van der Waals surface area contributed by atoms with Crippen molar-refractivity contribution in [1.29, 1.82) is 0 Å². The van der Waals surface area contributed by atoms with Crippen LogP contribution >= 0.6 is 0 Å². The molecule has 1 fully saturated rings. The van der Waals surface area contributed by atoms with Crippen molar-refractivity contribution < 1.29 is 4.74 Å². The molecule has 1 aliphatic heterocycles. The number of rotatable bonds is 3. The lowest BCUT2D eigenvalue weighted by Gasteiger charge is -2.24. The van der Waals surface area contributed by atoms with Crippen LogP contribution in [0.5, 0.6) is 5.75 Å². The van der Waals surface area contributed by atoms with Crippen LogP contribution in [0.25, 0.3) is 0 Å². The van der Waals surface area contributed by atoms with Crippen molar-refractivity contribution in [1.82, 2.24) is 5.32 Å². The molecule has 15 heavy (non-hydrogen) atoms. The fourth-order valence-electron chi connectivity index (χ4n) is 2.00. The van der Waals surface area contributed by atoms with Crippen molar-refractivity contribution in [2.75, 3.05) is 13.1 Å². The van der Waals surface area contributed by atoms with Crippen LogP contribution in [0.4, 0.5) is 0 Å². The van der Waals surface area contributed by atoms with Crippen LogP contribution < -0.4 is 10.1 Å². The van der Waals surface area contributed by atoms with Gasteiger partial charge in [-0.15, -0.1) is 0 Å². The Morgan fingerprint density at radius 1 is 1.27 bits per heavy atom. The number of hydrogen-bond donors (Lipinski definition) is 1. The Labute approximate surface area is 91.6 Å². The Morgan fingerprint density at radius 2 is 2.00 bits per heavy atom. The second-order valence-corrected chi connectivity index (χ2v) is 4.03. The van der Waals surface area contributed by atoms with E-state index in [1.54, 1.807) is 0 Å². The molecule has 1 heterocycles. The lowest BCUT2D eigenvalue weighted by Crippen LogP contribution is -2.34. The molecule has 2 rings (SSSR count). The topological polar surface area (TPSA) is 21.3 Å². The number of aryl methyl sites for hydroxylation is 1. The van der Waals surface area contributed by atoms with Crippen molar-refractivity contribution >= 4 is 0 Å². The molecule has 0 amide bonds. The van der Waals surface area contributed by atoms with Gasteiger partial charge in [0, 0.05) is 0 Å². The molecule has 82 valence electrons. The first kappa shape index (κ1) is 10.5. The molecule has 0 aliphatic carbocycles. The molecular formula is C13H19NO. The number of para-hydroxylation sites is 1. The summed E-state index contributed by atoms with van der Waals surface area (Å²) in [6, 6.07) is 8.36. The third kappa shape index (κ3) is 2.72. The van der Waals surface area contributed by atoms with Gasteiger partial charge in [0.15, 0.2) is 0 Å². The highest BCUT2D eigenvalue weighted by Crippen LogP contribution is 2.21. The van der Waals surface area contributed by atoms with E-state index in [2.05, 4.69) is 36.5 Å². The smallest absolute Gasteiger partial charge is 0.122 e. The van der Waals surface area contributed by atoms with Gasteiger partial charge in [-0.25, -0.2) is 0 Å². The highest BCUT2D eigenvalue weighted by Gasteiger charge is 2.15. The van der Waals surface area contributed by atoms with Gasteiger partial charge in [0.25, 0.3) is 0 Å². The summed E-state index contributed by atoms with van der Waals surface area (Å²) in [6.45, 7) is 4.34. The lowest BCUT2D eigenvalue weighted by molar-refractivity contribution is 0.161. The van der Waals surface area contributed by atoms with Crippen LogP contribution in [0.3, 0.4) is 0 Å². The van der Waals surface area contributed by atoms with Crippen LogP contribution in [-0.4, -0.2) is 19.2 Å². The first-order chi connectivity index (χ1) is 7.40. The van der Waals surface area contributed by atoms with Crippen LogP contribution in [-0.2, 0) is 6.42 Å². The van der Waals surface area contributed by atoms with Crippen LogP contribution in [0.15, 0.2) is 24.3 Å². The Kier molecular flexibility index (Phi) is 3.62. The standard InChI is InChI=1S/C13H19NO/c1-2-11-5-3-4-6-13(11)15-12-7-9-14-10-8-12/h3-6,12,14H,2,7-10H2,1H3. The molecule has 1 aromatic rings. The number of nitrogens with one attached hydrogen (secondary N) is 1. The molecule has 2 nitrogen and oxygen atoms in total. The predicted molar refractivity (Wildman–Crippen MR) is 62.3 cm³/mol. The van der Waals surface area contributed by atoms with E-state index in [-0.39, 0.29) is 0 Å². The van der Waals surface area contributed by atoms with Gasteiger partial charge in [-0.1, -0.05) is 25.1 Å². The van der Waals surface area contributed by atoms with E-state index in [1.807, 2.05) is 0 Å². The van der Waals surface area contributed by atoms with Crippen molar-refractivity contribution in [3.63, 3.8) is 0 Å². The first-order valence-corrected chi connectivity index (χ1v) is 5.85. The molecule has 1 aliphatic rings. The van der Waals surface area contributed by atoms with E-state index in [9.17, 15) is 0 Å². The molecule has 2 heteroatoms. The van der Waals surface area contributed by atoms with E-state index in [4.69, 9.17) is 4.74 Å². The third-order valence-corrected chi connectivity index (χ3v) is 2.93. The Morgan fingerprint density at radius 3 is 2.73 bits per heavy atom.